The average molecular weight is 348 g/mol. The zero-order valence-corrected chi connectivity index (χ0v) is 15.8. The van der Waals surface area contributed by atoms with Gasteiger partial charge in [-0.05, 0) is 49.7 Å². The van der Waals surface area contributed by atoms with Gasteiger partial charge >= 0.3 is 0 Å². The Labute approximate surface area is 157 Å². The molecule has 1 saturated carbocycles. The molecule has 1 fully saturated rings. The van der Waals surface area contributed by atoms with Crippen LogP contribution in [-0.4, -0.2) is 9.97 Å². The van der Waals surface area contributed by atoms with E-state index < -0.39 is 0 Å². The molecule has 0 amide bonds. The molecule has 3 nitrogen and oxygen atoms in total. The van der Waals surface area contributed by atoms with Crippen LogP contribution in [0.4, 0.5) is 0 Å². The van der Waals surface area contributed by atoms with Crippen LogP contribution in [0, 0.1) is 17.2 Å². The number of hydrogen-bond donors (Lipinski definition) is 0. The Morgan fingerprint density at radius 1 is 0.923 bits per heavy atom. The van der Waals surface area contributed by atoms with E-state index in [9.17, 15) is 0 Å². The first-order valence-electron chi connectivity index (χ1n) is 10.1. The summed E-state index contributed by atoms with van der Waals surface area (Å²) in [5.41, 5.74) is 3.68. The van der Waals surface area contributed by atoms with Crippen molar-refractivity contribution >= 4 is 0 Å². The van der Waals surface area contributed by atoms with Gasteiger partial charge in [0, 0.05) is 29.8 Å². The fraction of sp³-hybridized carbons (Fsp3) is 0.522. The maximum absolute atomic E-state index is 9.02. The SMILES string of the molecule is CCCCCCc1ccc(-c2cnc([C@H]3CC[C@H](C#N)CC3)nc2)cc1. The molecule has 0 unspecified atom stereocenters. The lowest BCUT2D eigenvalue weighted by atomic mass is 9.82. The second-order valence-corrected chi connectivity index (χ2v) is 7.52. The van der Waals surface area contributed by atoms with Crippen LogP contribution in [0.1, 0.15) is 75.6 Å². The van der Waals surface area contributed by atoms with Crippen LogP contribution < -0.4 is 0 Å². The van der Waals surface area contributed by atoms with Crippen molar-refractivity contribution in [2.45, 2.75) is 70.6 Å². The van der Waals surface area contributed by atoms with Crippen molar-refractivity contribution in [3.05, 3.63) is 48.0 Å². The van der Waals surface area contributed by atoms with Gasteiger partial charge in [0.15, 0.2) is 0 Å². The van der Waals surface area contributed by atoms with E-state index >= 15 is 0 Å². The van der Waals surface area contributed by atoms with E-state index in [4.69, 9.17) is 5.26 Å². The maximum atomic E-state index is 9.02. The topological polar surface area (TPSA) is 49.6 Å². The summed E-state index contributed by atoms with van der Waals surface area (Å²) in [7, 11) is 0. The van der Waals surface area contributed by atoms with Gasteiger partial charge in [-0.15, -0.1) is 0 Å². The van der Waals surface area contributed by atoms with Crippen molar-refractivity contribution in [1.82, 2.24) is 9.97 Å². The van der Waals surface area contributed by atoms with Crippen molar-refractivity contribution < 1.29 is 0 Å². The summed E-state index contributed by atoms with van der Waals surface area (Å²) in [4.78, 5) is 9.26. The van der Waals surface area contributed by atoms with Crippen molar-refractivity contribution in [2.75, 3.05) is 0 Å². The van der Waals surface area contributed by atoms with Gasteiger partial charge in [-0.2, -0.15) is 5.26 Å². The lowest BCUT2D eigenvalue weighted by Gasteiger charge is -2.23. The second-order valence-electron chi connectivity index (χ2n) is 7.52. The summed E-state index contributed by atoms with van der Waals surface area (Å²) in [6, 6.07) is 11.2. The number of unbranched alkanes of at least 4 members (excludes halogenated alkanes) is 3. The van der Waals surface area contributed by atoms with E-state index in [-0.39, 0.29) is 5.92 Å². The number of rotatable bonds is 7. The number of benzene rings is 1. The van der Waals surface area contributed by atoms with Crippen LogP contribution >= 0.6 is 0 Å². The summed E-state index contributed by atoms with van der Waals surface area (Å²) >= 11 is 0. The highest BCUT2D eigenvalue weighted by atomic mass is 14.9. The Kier molecular flexibility index (Phi) is 6.77. The third kappa shape index (κ3) is 4.91. The molecular weight excluding hydrogens is 318 g/mol. The normalized spacial score (nSPS) is 19.8. The predicted molar refractivity (Wildman–Crippen MR) is 106 cm³/mol. The van der Waals surface area contributed by atoms with Crippen LogP contribution in [-0.2, 0) is 6.42 Å². The van der Waals surface area contributed by atoms with Gasteiger partial charge in [-0.3, -0.25) is 0 Å². The van der Waals surface area contributed by atoms with Gasteiger partial charge in [0.05, 0.1) is 6.07 Å². The van der Waals surface area contributed by atoms with E-state index in [2.05, 4.69) is 47.2 Å². The van der Waals surface area contributed by atoms with Crippen LogP contribution in [0.2, 0.25) is 0 Å². The van der Waals surface area contributed by atoms with Crippen LogP contribution in [0.3, 0.4) is 0 Å². The lowest BCUT2D eigenvalue weighted by Crippen LogP contribution is -2.14. The molecule has 0 atom stereocenters. The number of aromatic nitrogens is 2. The summed E-state index contributed by atoms with van der Waals surface area (Å²) in [5.74, 6) is 1.59. The zero-order valence-electron chi connectivity index (χ0n) is 15.8. The van der Waals surface area contributed by atoms with Crippen molar-refractivity contribution in [1.29, 1.82) is 5.26 Å². The molecule has 0 spiro atoms. The maximum Gasteiger partial charge on any atom is 0.131 e. The minimum atomic E-state index is 0.228. The van der Waals surface area contributed by atoms with Crippen LogP contribution in [0.15, 0.2) is 36.7 Å². The molecule has 0 bridgehead atoms. The monoisotopic (exact) mass is 347 g/mol. The minimum absolute atomic E-state index is 0.228. The summed E-state index contributed by atoms with van der Waals surface area (Å²) in [5, 5.41) is 9.02. The Balaban J connectivity index is 1.57. The number of nitrogens with zero attached hydrogens (tertiary/aromatic N) is 3. The molecule has 2 aromatic rings. The molecule has 3 rings (SSSR count). The highest BCUT2D eigenvalue weighted by molar-refractivity contribution is 5.61. The molecule has 136 valence electrons. The number of nitriles is 1. The van der Waals surface area contributed by atoms with E-state index in [0.29, 0.717) is 5.92 Å². The van der Waals surface area contributed by atoms with Gasteiger partial charge < -0.3 is 0 Å². The van der Waals surface area contributed by atoms with E-state index in [1.165, 1.54) is 43.2 Å². The van der Waals surface area contributed by atoms with E-state index in [0.717, 1.165) is 37.1 Å². The lowest BCUT2D eigenvalue weighted by molar-refractivity contribution is 0.372. The van der Waals surface area contributed by atoms with Crippen molar-refractivity contribution in [3.63, 3.8) is 0 Å². The van der Waals surface area contributed by atoms with E-state index in [1.807, 2.05) is 12.4 Å². The quantitative estimate of drug-likeness (QED) is 0.572. The first-order valence-corrected chi connectivity index (χ1v) is 10.1. The Bertz CT molecular complexity index is 705. The highest BCUT2D eigenvalue weighted by Crippen LogP contribution is 2.34. The molecule has 0 aliphatic heterocycles. The van der Waals surface area contributed by atoms with Gasteiger partial charge in [0.25, 0.3) is 0 Å². The number of aryl methyl sites for hydroxylation is 1. The zero-order chi connectivity index (χ0) is 18.2. The Morgan fingerprint density at radius 3 is 2.23 bits per heavy atom. The van der Waals surface area contributed by atoms with Crippen LogP contribution in [0.5, 0.6) is 0 Å². The largest absolute Gasteiger partial charge is 0.240 e. The minimum Gasteiger partial charge on any atom is -0.240 e. The molecule has 1 aliphatic rings. The predicted octanol–water partition coefficient (Wildman–Crippen LogP) is 6.06. The fourth-order valence-corrected chi connectivity index (χ4v) is 3.80. The summed E-state index contributed by atoms with van der Waals surface area (Å²) in [6.45, 7) is 2.25. The third-order valence-electron chi connectivity index (χ3n) is 5.55. The molecule has 3 heteroatoms. The Hall–Kier alpha value is -2.21. The first kappa shape index (κ1) is 18.6. The molecule has 1 aromatic carbocycles. The molecule has 0 N–H and O–H groups in total. The number of hydrogen-bond acceptors (Lipinski definition) is 3. The smallest absolute Gasteiger partial charge is 0.131 e. The fourth-order valence-electron chi connectivity index (χ4n) is 3.80. The summed E-state index contributed by atoms with van der Waals surface area (Å²) < 4.78 is 0. The third-order valence-corrected chi connectivity index (χ3v) is 5.55. The molecule has 0 saturated heterocycles. The average Bonchev–Trinajstić information content (AvgIpc) is 2.72. The van der Waals surface area contributed by atoms with Gasteiger partial charge in [0.1, 0.15) is 5.82 Å². The van der Waals surface area contributed by atoms with Crippen LogP contribution in [0.25, 0.3) is 11.1 Å². The first-order chi connectivity index (χ1) is 12.8. The highest BCUT2D eigenvalue weighted by Gasteiger charge is 2.23. The Morgan fingerprint density at radius 2 is 1.62 bits per heavy atom. The molecule has 1 aromatic heterocycles. The second kappa shape index (κ2) is 9.48. The van der Waals surface area contributed by atoms with Gasteiger partial charge in [-0.25, -0.2) is 9.97 Å². The standard InChI is InChI=1S/C23H29N3/c1-2-3-4-5-6-18-7-11-20(12-8-18)22-16-25-23(26-17-22)21-13-9-19(15-24)10-14-21/h7-8,11-12,16-17,19,21H,2-6,9-10,13-14H2,1H3/t19-,21-. The molecule has 1 heterocycles. The van der Waals surface area contributed by atoms with Gasteiger partial charge in [-0.1, -0.05) is 50.5 Å². The molecular formula is C23H29N3. The van der Waals surface area contributed by atoms with E-state index in [1.54, 1.807) is 0 Å². The molecule has 1 aliphatic carbocycles. The van der Waals surface area contributed by atoms with Crippen molar-refractivity contribution in [2.24, 2.45) is 5.92 Å². The van der Waals surface area contributed by atoms with Crippen molar-refractivity contribution in [3.8, 4) is 17.2 Å². The molecule has 26 heavy (non-hydrogen) atoms. The molecule has 0 radical (unpaired) electrons. The van der Waals surface area contributed by atoms with Gasteiger partial charge in [0.2, 0.25) is 0 Å². The summed E-state index contributed by atoms with van der Waals surface area (Å²) in [6.07, 6.45) is 14.3.